The zero-order valence-corrected chi connectivity index (χ0v) is 14.3. The van der Waals surface area contributed by atoms with Crippen molar-refractivity contribution in [2.45, 2.75) is 58.7 Å². The minimum absolute atomic E-state index is 0.201. The molecule has 6 nitrogen and oxygen atoms in total. The van der Waals surface area contributed by atoms with Crippen LogP contribution in [0.25, 0.3) is 0 Å². The molecule has 1 fully saturated rings. The second kappa shape index (κ2) is 6.69. The van der Waals surface area contributed by atoms with Crippen LogP contribution in [0.3, 0.4) is 0 Å². The molecular weight excluding hydrogens is 280 g/mol. The second-order valence-electron chi connectivity index (χ2n) is 7.02. The average molecular weight is 308 g/mol. The van der Waals surface area contributed by atoms with Crippen LogP contribution in [0.15, 0.2) is 6.07 Å². The Labute approximate surface area is 132 Å². The molecule has 22 heavy (non-hydrogen) atoms. The molecule has 1 aliphatic heterocycles. The molecule has 0 aliphatic carbocycles. The van der Waals surface area contributed by atoms with Crippen molar-refractivity contribution in [3.8, 4) is 0 Å². The molecule has 0 atom stereocenters. The Balaban J connectivity index is 1.75. The van der Waals surface area contributed by atoms with Crippen molar-refractivity contribution in [2.24, 2.45) is 7.05 Å². The maximum atomic E-state index is 12.0. The van der Waals surface area contributed by atoms with Crippen molar-refractivity contribution < 1.29 is 9.53 Å². The molecule has 0 radical (unpaired) electrons. The maximum Gasteiger partial charge on any atom is 0.410 e. The lowest BCUT2D eigenvalue weighted by Gasteiger charge is -2.33. The summed E-state index contributed by atoms with van der Waals surface area (Å²) in [6.07, 6.45) is 1.71. The van der Waals surface area contributed by atoms with Crippen LogP contribution in [0.2, 0.25) is 0 Å². The van der Waals surface area contributed by atoms with Crippen LogP contribution in [0.1, 0.15) is 45.0 Å². The average Bonchev–Trinajstić information content (AvgIpc) is 2.73. The summed E-state index contributed by atoms with van der Waals surface area (Å²) in [6, 6.07) is 2.54. The normalized spacial score (nSPS) is 16.9. The Hall–Kier alpha value is -1.56. The number of hydrogen-bond donors (Lipinski definition) is 1. The number of nitrogens with one attached hydrogen (secondary N) is 1. The minimum Gasteiger partial charge on any atom is -0.444 e. The van der Waals surface area contributed by atoms with Crippen molar-refractivity contribution in [1.29, 1.82) is 0 Å². The molecule has 1 aromatic heterocycles. The summed E-state index contributed by atoms with van der Waals surface area (Å²) in [5.41, 5.74) is 1.80. The van der Waals surface area contributed by atoms with Gasteiger partial charge >= 0.3 is 6.09 Å². The first-order valence-electron chi connectivity index (χ1n) is 7.95. The third-order valence-electron chi connectivity index (χ3n) is 3.82. The summed E-state index contributed by atoms with van der Waals surface area (Å²) in [6.45, 7) is 10.0. The Morgan fingerprint density at radius 2 is 2.05 bits per heavy atom. The van der Waals surface area contributed by atoms with Crippen molar-refractivity contribution in [1.82, 2.24) is 20.0 Å². The molecule has 0 spiro atoms. The number of nitrogens with zero attached hydrogens (tertiary/aromatic N) is 3. The topological polar surface area (TPSA) is 59.4 Å². The van der Waals surface area contributed by atoms with Crippen molar-refractivity contribution in [3.05, 3.63) is 17.5 Å². The number of piperidine rings is 1. The van der Waals surface area contributed by atoms with Gasteiger partial charge in [-0.3, -0.25) is 4.68 Å². The van der Waals surface area contributed by atoms with Crippen molar-refractivity contribution in [3.63, 3.8) is 0 Å². The molecule has 2 heterocycles. The number of amides is 1. The zero-order valence-electron chi connectivity index (χ0n) is 14.3. The zero-order chi connectivity index (χ0) is 16.3. The van der Waals surface area contributed by atoms with Gasteiger partial charge in [-0.05, 0) is 46.6 Å². The first-order chi connectivity index (χ1) is 10.2. The summed E-state index contributed by atoms with van der Waals surface area (Å²) in [5.74, 6) is 0. The third-order valence-corrected chi connectivity index (χ3v) is 3.82. The lowest BCUT2D eigenvalue weighted by molar-refractivity contribution is 0.0198. The largest absolute Gasteiger partial charge is 0.444 e. The molecule has 1 aromatic rings. The highest BCUT2D eigenvalue weighted by Crippen LogP contribution is 2.16. The van der Waals surface area contributed by atoms with E-state index in [2.05, 4.69) is 16.5 Å². The van der Waals surface area contributed by atoms with E-state index in [4.69, 9.17) is 4.74 Å². The van der Waals surface area contributed by atoms with Gasteiger partial charge in [-0.1, -0.05) is 0 Å². The van der Waals surface area contributed by atoms with Crippen LogP contribution in [0, 0.1) is 6.92 Å². The van der Waals surface area contributed by atoms with Crippen molar-refractivity contribution >= 4 is 6.09 Å². The predicted octanol–water partition coefficient (Wildman–Crippen LogP) is 2.22. The van der Waals surface area contributed by atoms with Gasteiger partial charge in [0.2, 0.25) is 0 Å². The monoisotopic (exact) mass is 308 g/mol. The molecule has 6 heteroatoms. The van der Waals surface area contributed by atoms with Gasteiger partial charge in [0.1, 0.15) is 5.60 Å². The number of carbonyl (C=O) groups is 1. The van der Waals surface area contributed by atoms with E-state index in [1.165, 1.54) is 5.69 Å². The van der Waals surface area contributed by atoms with Gasteiger partial charge in [0, 0.05) is 32.7 Å². The van der Waals surface area contributed by atoms with E-state index in [0.717, 1.165) is 38.2 Å². The second-order valence-corrected chi connectivity index (χ2v) is 7.02. The fraction of sp³-hybridized carbons (Fsp3) is 0.750. The predicted molar refractivity (Wildman–Crippen MR) is 85.6 cm³/mol. The Morgan fingerprint density at radius 1 is 1.41 bits per heavy atom. The van der Waals surface area contributed by atoms with Crippen LogP contribution in [-0.4, -0.2) is 45.5 Å². The summed E-state index contributed by atoms with van der Waals surface area (Å²) in [7, 11) is 1.97. The van der Waals surface area contributed by atoms with Crippen LogP contribution in [-0.2, 0) is 18.3 Å². The molecule has 0 saturated carbocycles. The van der Waals surface area contributed by atoms with E-state index in [0.29, 0.717) is 6.04 Å². The smallest absolute Gasteiger partial charge is 0.410 e. The Bertz CT molecular complexity index is 511. The van der Waals surface area contributed by atoms with Crippen LogP contribution < -0.4 is 5.32 Å². The summed E-state index contributed by atoms with van der Waals surface area (Å²) >= 11 is 0. The minimum atomic E-state index is -0.427. The van der Waals surface area contributed by atoms with E-state index in [-0.39, 0.29) is 6.09 Å². The molecule has 1 amide bonds. The van der Waals surface area contributed by atoms with Gasteiger partial charge in [-0.2, -0.15) is 5.10 Å². The highest BCUT2D eigenvalue weighted by molar-refractivity contribution is 5.68. The number of rotatable bonds is 3. The molecule has 2 rings (SSSR count). The molecule has 0 bridgehead atoms. The highest BCUT2D eigenvalue weighted by Gasteiger charge is 2.26. The van der Waals surface area contributed by atoms with E-state index >= 15 is 0 Å². The number of likely N-dealkylation sites (tertiary alicyclic amines) is 1. The Morgan fingerprint density at radius 3 is 2.55 bits per heavy atom. The molecule has 1 aliphatic rings. The molecule has 124 valence electrons. The first kappa shape index (κ1) is 16.8. The molecule has 1 saturated heterocycles. The maximum absolute atomic E-state index is 12.0. The van der Waals surface area contributed by atoms with Gasteiger partial charge in [-0.15, -0.1) is 0 Å². The Kier molecular flexibility index (Phi) is 5.11. The number of ether oxygens (including phenoxy) is 1. The van der Waals surface area contributed by atoms with Gasteiger partial charge in [-0.25, -0.2) is 4.79 Å². The third kappa shape index (κ3) is 4.73. The number of aryl methyl sites for hydroxylation is 2. The van der Waals surface area contributed by atoms with Gasteiger partial charge in [0.15, 0.2) is 0 Å². The van der Waals surface area contributed by atoms with E-state index in [1.807, 2.05) is 39.4 Å². The molecule has 0 unspecified atom stereocenters. The highest BCUT2D eigenvalue weighted by atomic mass is 16.6. The quantitative estimate of drug-likeness (QED) is 0.930. The SMILES string of the molecule is Cc1cc(CNC2CCN(C(=O)OC(C)(C)C)CC2)n(C)n1. The summed E-state index contributed by atoms with van der Waals surface area (Å²) < 4.78 is 7.33. The molecule has 1 N–H and O–H groups in total. The molecule has 0 aromatic carbocycles. The summed E-state index contributed by atoms with van der Waals surface area (Å²) in [4.78, 5) is 13.8. The lowest BCUT2D eigenvalue weighted by atomic mass is 10.1. The number of aromatic nitrogens is 2. The fourth-order valence-electron chi connectivity index (χ4n) is 2.67. The van der Waals surface area contributed by atoms with Gasteiger partial charge in [0.05, 0.1) is 11.4 Å². The first-order valence-corrected chi connectivity index (χ1v) is 7.95. The van der Waals surface area contributed by atoms with Crippen LogP contribution >= 0.6 is 0 Å². The van der Waals surface area contributed by atoms with E-state index in [9.17, 15) is 4.79 Å². The fourth-order valence-corrected chi connectivity index (χ4v) is 2.67. The van der Waals surface area contributed by atoms with Crippen LogP contribution in [0.5, 0.6) is 0 Å². The van der Waals surface area contributed by atoms with Crippen LogP contribution in [0.4, 0.5) is 4.79 Å². The standard InChI is InChI=1S/C16H28N4O2/c1-12-10-14(19(5)18-12)11-17-13-6-8-20(9-7-13)15(21)22-16(2,3)4/h10,13,17H,6-9,11H2,1-5H3. The van der Waals surface area contributed by atoms with Gasteiger partial charge < -0.3 is 15.0 Å². The molecular formula is C16H28N4O2. The van der Waals surface area contributed by atoms with Crippen molar-refractivity contribution in [2.75, 3.05) is 13.1 Å². The van der Waals surface area contributed by atoms with Gasteiger partial charge in [0.25, 0.3) is 0 Å². The number of carbonyl (C=O) groups excluding carboxylic acids is 1. The van der Waals surface area contributed by atoms with E-state index < -0.39 is 5.60 Å². The van der Waals surface area contributed by atoms with E-state index in [1.54, 1.807) is 4.90 Å². The number of hydrogen-bond acceptors (Lipinski definition) is 4. The summed E-state index contributed by atoms with van der Waals surface area (Å²) in [5, 5.41) is 7.91. The lowest BCUT2D eigenvalue weighted by Crippen LogP contribution is -2.46.